The average molecular weight is 390 g/mol. The molecule has 0 saturated carbocycles. The van der Waals surface area contributed by atoms with Crippen LogP contribution in [0.2, 0.25) is 0 Å². The number of nitrogens with one attached hydrogen (secondary N) is 1. The minimum atomic E-state index is -0.566. The molecule has 1 heterocycles. The van der Waals surface area contributed by atoms with Gasteiger partial charge in [-0.2, -0.15) is 0 Å². The molecule has 0 radical (unpaired) electrons. The van der Waals surface area contributed by atoms with Crippen LogP contribution in [0.5, 0.6) is 5.75 Å². The fourth-order valence-electron chi connectivity index (χ4n) is 3.48. The molecule has 0 aliphatic carbocycles. The Hall–Kier alpha value is -3.05. The van der Waals surface area contributed by atoms with Crippen LogP contribution in [-0.4, -0.2) is 38.3 Å². The first-order valence-corrected chi connectivity index (χ1v) is 10.0. The maximum absolute atomic E-state index is 12.4. The minimum Gasteiger partial charge on any atom is -0.481 e. The molecule has 1 amide bonds. The zero-order valence-corrected chi connectivity index (χ0v) is 16.6. The fourth-order valence-corrected chi connectivity index (χ4v) is 3.48. The lowest BCUT2D eigenvalue weighted by molar-refractivity contribution is -0.127. The Kier molecular flexibility index (Phi) is 5.96. The Labute approximate surface area is 171 Å². The number of morpholine rings is 1. The Balaban J connectivity index is 1.30. The van der Waals surface area contributed by atoms with E-state index in [0.29, 0.717) is 12.3 Å². The summed E-state index contributed by atoms with van der Waals surface area (Å²) in [4.78, 5) is 14.8. The van der Waals surface area contributed by atoms with Gasteiger partial charge in [-0.25, -0.2) is 0 Å². The second-order valence-electron chi connectivity index (χ2n) is 7.25. The molecular formula is C24H26N2O3. The number of fused-ring (bicyclic) bond motifs is 1. The van der Waals surface area contributed by atoms with Gasteiger partial charge < -0.3 is 19.7 Å². The van der Waals surface area contributed by atoms with Crippen molar-refractivity contribution >= 4 is 22.4 Å². The van der Waals surface area contributed by atoms with Crippen molar-refractivity contribution in [1.82, 2.24) is 5.32 Å². The number of anilines is 1. The van der Waals surface area contributed by atoms with Crippen molar-refractivity contribution in [2.24, 2.45) is 0 Å². The highest BCUT2D eigenvalue weighted by Crippen LogP contribution is 2.21. The predicted octanol–water partition coefficient (Wildman–Crippen LogP) is 3.76. The molecule has 5 nitrogen and oxygen atoms in total. The first-order chi connectivity index (χ1) is 14.2. The van der Waals surface area contributed by atoms with Crippen LogP contribution >= 0.6 is 0 Å². The molecule has 3 aromatic carbocycles. The van der Waals surface area contributed by atoms with Gasteiger partial charge in [-0.05, 0) is 47.5 Å². The van der Waals surface area contributed by atoms with Crippen LogP contribution in [0.3, 0.4) is 0 Å². The maximum Gasteiger partial charge on any atom is 0.261 e. The van der Waals surface area contributed by atoms with Crippen LogP contribution in [0.15, 0.2) is 66.7 Å². The van der Waals surface area contributed by atoms with Crippen LogP contribution in [-0.2, 0) is 16.1 Å². The summed E-state index contributed by atoms with van der Waals surface area (Å²) in [6.07, 6.45) is -0.566. The molecule has 1 fully saturated rings. The topological polar surface area (TPSA) is 50.8 Å². The SMILES string of the molecule is C[C@H](Oc1ccc2ccccc2c1)C(=O)NCc1ccc(N2CCOCC2)cc1. The third-order valence-electron chi connectivity index (χ3n) is 5.18. The Morgan fingerprint density at radius 1 is 1.03 bits per heavy atom. The van der Waals surface area contributed by atoms with Crippen molar-refractivity contribution < 1.29 is 14.3 Å². The molecule has 29 heavy (non-hydrogen) atoms. The Bertz CT molecular complexity index is 965. The highest BCUT2D eigenvalue weighted by molar-refractivity contribution is 5.84. The highest BCUT2D eigenvalue weighted by Gasteiger charge is 2.15. The number of amides is 1. The van der Waals surface area contributed by atoms with Gasteiger partial charge in [0.2, 0.25) is 0 Å². The molecule has 150 valence electrons. The number of carbonyl (C=O) groups is 1. The summed E-state index contributed by atoms with van der Waals surface area (Å²) in [6, 6.07) is 22.3. The van der Waals surface area contributed by atoms with E-state index in [1.165, 1.54) is 5.69 Å². The van der Waals surface area contributed by atoms with Gasteiger partial charge in [0, 0.05) is 25.3 Å². The molecule has 0 unspecified atom stereocenters. The molecule has 3 aromatic rings. The Morgan fingerprint density at radius 3 is 2.52 bits per heavy atom. The average Bonchev–Trinajstić information content (AvgIpc) is 2.78. The first-order valence-electron chi connectivity index (χ1n) is 10.0. The number of carbonyl (C=O) groups excluding carboxylic acids is 1. The van der Waals surface area contributed by atoms with Crippen molar-refractivity contribution in [1.29, 1.82) is 0 Å². The summed E-state index contributed by atoms with van der Waals surface area (Å²) >= 11 is 0. The molecule has 4 rings (SSSR count). The second kappa shape index (κ2) is 8.97. The third kappa shape index (κ3) is 4.87. The molecular weight excluding hydrogens is 364 g/mol. The summed E-state index contributed by atoms with van der Waals surface area (Å²) < 4.78 is 11.2. The standard InChI is InChI=1S/C24H26N2O3/c1-18(29-23-11-8-20-4-2-3-5-21(20)16-23)24(27)25-17-19-6-9-22(10-7-19)26-12-14-28-15-13-26/h2-11,16,18H,12-15,17H2,1H3,(H,25,27)/t18-/m0/s1. The van der Waals surface area contributed by atoms with E-state index in [-0.39, 0.29) is 5.91 Å². The van der Waals surface area contributed by atoms with Crippen LogP contribution in [0.1, 0.15) is 12.5 Å². The lowest BCUT2D eigenvalue weighted by atomic mass is 10.1. The van der Waals surface area contributed by atoms with E-state index in [2.05, 4.69) is 40.5 Å². The number of hydrogen-bond donors (Lipinski definition) is 1. The predicted molar refractivity (Wildman–Crippen MR) is 115 cm³/mol. The van der Waals surface area contributed by atoms with E-state index in [0.717, 1.165) is 42.6 Å². The second-order valence-corrected chi connectivity index (χ2v) is 7.25. The minimum absolute atomic E-state index is 0.129. The van der Waals surface area contributed by atoms with Crippen LogP contribution in [0.25, 0.3) is 10.8 Å². The highest BCUT2D eigenvalue weighted by atomic mass is 16.5. The van der Waals surface area contributed by atoms with E-state index in [1.807, 2.05) is 36.4 Å². The van der Waals surface area contributed by atoms with Crippen LogP contribution in [0.4, 0.5) is 5.69 Å². The molecule has 1 N–H and O–H groups in total. The third-order valence-corrected chi connectivity index (χ3v) is 5.18. The van der Waals surface area contributed by atoms with Gasteiger partial charge in [-0.3, -0.25) is 4.79 Å². The zero-order valence-electron chi connectivity index (χ0n) is 16.6. The monoisotopic (exact) mass is 390 g/mol. The van der Waals surface area contributed by atoms with Gasteiger partial charge in [0.1, 0.15) is 5.75 Å². The van der Waals surface area contributed by atoms with Crippen molar-refractivity contribution in [3.63, 3.8) is 0 Å². The number of ether oxygens (including phenoxy) is 2. The fraction of sp³-hybridized carbons (Fsp3) is 0.292. The summed E-state index contributed by atoms with van der Waals surface area (Å²) in [6.45, 7) is 5.62. The van der Waals surface area contributed by atoms with Gasteiger partial charge in [0.25, 0.3) is 5.91 Å². The first kappa shape index (κ1) is 19.3. The van der Waals surface area contributed by atoms with Crippen molar-refractivity contribution in [2.75, 3.05) is 31.2 Å². The van der Waals surface area contributed by atoms with Gasteiger partial charge in [0.05, 0.1) is 13.2 Å². The van der Waals surface area contributed by atoms with E-state index in [1.54, 1.807) is 6.92 Å². The van der Waals surface area contributed by atoms with Gasteiger partial charge in [0.15, 0.2) is 6.10 Å². The molecule has 1 aliphatic rings. The normalized spacial score (nSPS) is 15.1. The molecule has 1 saturated heterocycles. The van der Waals surface area contributed by atoms with Crippen molar-refractivity contribution in [3.8, 4) is 5.75 Å². The van der Waals surface area contributed by atoms with E-state index in [9.17, 15) is 4.79 Å². The molecule has 0 aromatic heterocycles. The summed E-state index contributed by atoms with van der Waals surface area (Å²) in [7, 11) is 0. The van der Waals surface area contributed by atoms with Crippen LogP contribution < -0.4 is 15.0 Å². The molecule has 5 heteroatoms. The molecule has 0 bridgehead atoms. The number of rotatable bonds is 6. The van der Waals surface area contributed by atoms with E-state index >= 15 is 0 Å². The van der Waals surface area contributed by atoms with E-state index < -0.39 is 6.10 Å². The van der Waals surface area contributed by atoms with Crippen LogP contribution in [0, 0.1) is 0 Å². The Morgan fingerprint density at radius 2 is 1.76 bits per heavy atom. The number of hydrogen-bond acceptors (Lipinski definition) is 4. The quantitative estimate of drug-likeness (QED) is 0.696. The van der Waals surface area contributed by atoms with E-state index in [4.69, 9.17) is 9.47 Å². The molecule has 0 spiro atoms. The smallest absolute Gasteiger partial charge is 0.261 e. The lowest BCUT2D eigenvalue weighted by Crippen LogP contribution is -2.36. The van der Waals surface area contributed by atoms with Crippen molar-refractivity contribution in [2.45, 2.75) is 19.6 Å². The lowest BCUT2D eigenvalue weighted by Gasteiger charge is -2.28. The van der Waals surface area contributed by atoms with Crippen molar-refractivity contribution in [3.05, 3.63) is 72.3 Å². The maximum atomic E-state index is 12.4. The number of nitrogens with zero attached hydrogens (tertiary/aromatic N) is 1. The van der Waals surface area contributed by atoms with Gasteiger partial charge in [-0.15, -0.1) is 0 Å². The number of benzene rings is 3. The molecule has 1 aliphatic heterocycles. The molecule has 1 atom stereocenters. The largest absolute Gasteiger partial charge is 0.481 e. The summed E-state index contributed by atoms with van der Waals surface area (Å²) in [5.41, 5.74) is 2.25. The van der Waals surface area contributed by atoms with Gasteiger partial charge in [-0.1, -0.05) is 42.5 Å². The van der Waals surface area contributed by atoms with Gasteiger partial charge >= 0.3 is 0 Å². The zero-order chi connectivity index (χ0) is 20.1. The summed E-state index contributed by atoms with van der Waals surface area (Å²) in [5, 5.41) is 5.20. The summed E-state index contributed by atoms with van der Waals surface area (Å²) in [5.74, 6) is 0.566.